The van der Waals surface area contributed by atoms with Crippen molar-refractivity contribution in [1.29, 1.82) is 0 Å². The van der Waals surface area contributed by atoms with Crippen LogP contribution in [0.3, 0.4) is 0 Å². The Hall–Kier alpha value is -2.15. The predicted molar refractivity (Wildman–Crippen MR) is 94.9 cm³/mol. The van der Waals surface area contributed by atoms with Gasteiger partial charge in [0.2, 0.25) is 4.96 Å². The standard InChI is InChI=1S/C16H10Cl2N4OS/c17-12-4-1-11(14(18)7-12)8-23-13-5-2-10(3-6-13)15-20-21-16-22(15)19-9-24-16/h1-7,9H,8H2. The van der Waals surface area contributed by atoms with Gasteiger partial charge in [0.05, 0.1) is 0 Å². The molecule has 0 fully saturated rings. The molecule has 0 unspecified atom stereocenters. The first-order valence-electron chi connectivity index (χ1n) is 7.03. The second-order valence-corrected chi connectivity index (χ2v) is 6.66. The first-order chi connectivity index (χ1) is 11.7. The third-order valence-corrected chi connectivity index (χ3v) is 4.71. The van der Waals surface area contributed by atoms with Crippen molar-refractivity contribution in [1.82, 2.24) is 19.8 Å². The molecule has 0 radical (unpaired) electrons. The summed E-state index contributed by atoms with van der Waals surface area (Å²) >= 11 is 13.5. The highest BCUT2D eigenvalue weighted by atomic mass is 35.5. The van der Waals surface area contributed by atoms with Crippen LogP contribution >= 0.6 is 34.5 Å². The predicted octanol–water partition coefficient (Wildman–Crippen LogP) is 4.74. The van der Waals surface area contributed by atoms with Crippen molar-refractivity contribution in [2.45, 2.75) is 6.61 Å². The van der Waals surface area contributed by atoms with Gasteiger partial charge in [0.1, 0.15) is 17.9 Å². The second kappa shape index (κ2) is 6.39. The van der Waals surface area contributed by atoms with Crippen LogP contribution in [-0.2, 0) is 6.61 Å². The number of ether oxygens (including phenoxy) is 1. The van der Waals surface area contributed by atoms with Gasteiger partial charge in [-0.15, -0.1) is 10.2 Å². The average molecular weight is 377 g/mol. The fourth-order valence-electron chi connectivity index (χ4n) is 2.24. The van der Waals surface area contributed by atoms with Crippen molar-refractivity contribution >= 4 is 39.5 Å². The van der Waals surface area contributed by atoms with Gasteiger partial charge in [-0.1, -0.05) is 40.6 Å². The lowest BCUT2D eigenvalue weighted by Gasteiger charge is -2.08. The van der Waals surface area contributed by atoms with Crippen molar-refractivity contribution in [2.24, 2.45) is 0 Å². The number of aromatic nitrogens is 4. The number of benzene rings is 2. The number of rotatable bonds is 4. The van der Waals surface area contributed by atoms with E-state index in [4.69, 9.17) is 27.9 Å². The van der Waals surface area contributed by atoms with Gasteiger partial charge in [0.25, 0.3) is 0 Å². The molecular weight excluding hydrogens is 367 g/mol. The number of halogens is 2. The number of hydrogen-bond donors (Lipinski definition) is 0. The fourth-order valence-corrected chi connectivity index (χ4v) is 3.26. The van der Waals surface area contributed by atoms with E-state index in [1.165, 1.54) is 11.3 Å². The molecule has 0 aliphatic rings. The highest BCUT2D eigenvalue weighted by Crippen LogP contribution is 2.25. The molecule has 2 aromatic heterocycles. The molecule has 24 heavy (non-hydrogen) atoms. The second-order valence-electron chi connectivity index (χ2n) is 5.01. The molecular formula is C16H10Cl2N4OS. The Labute approximate surface area is 151 Å². The summed E-state index contributed by atoms with van der Waals surface area (Å²) in [6, 6.07) is 13.0. The van der Waals surface area contributed by atoms with Crippen LogP contribution in [0, 0.1) is 0 Å². The number of fused-ring (bicyclic) bond motifs is 1. The summed E-state index contributed by atoms with van der Waals surface area (Å²) in [7, 11) is 0. The molecule has 0 N–H and O–H groups in total. The maximum Gasteiger partial charge on any atom is 0.234 e. The van der Waals surface area contributed by atoms with E-state index in [2.05, 4.69) is 15.3 Å². The minimum atomic E-state index is 0.372. The van der Waals surface area contributed by atoms with Crippen LogP contribution in [0.15, 0.2) is 48.0 Å². The third-order valence-electron chi connectivity index (χ3n) is 3.45. The van der Waals surface area contributed by atoms with E-state index in [-0.39, 0.29) is 0 Å². The molecule has 0 saturated heterocycles. The SMILES string of the molecule is Clc1ccc(COc2ccc(-c3nnc4scnn34)cc2)c(Cl)c1. The molecule has 0 bridgehead atoms. The van der Waals surface area contributed by atoms with Crippen molar-refractivity contribution in [3.05, 3.63) is 63.6 Å². The molecule has 5 nitrogen and oxygen atoms in total. The van der Waals surface area contributed by atoms with Gasteiger partial charge in [0, 0.05) is 21.2 Å². The Bertz CT molecular complexity index is 997. The highest BCUT2D eigenvalue weighted by molar-refractivity contribution is 7.14. The summed E-state index contributed by atoms with van der Waals surface area (Å²) in [5, 5.41) is 13.7. The maximum atomic E-state index is 6.14. The van der Waals surface area contributed by atoms with Crippen LogP contribution in [0.5, 0.6) is 5.75 Å². The lowest BCUT2D eigenvalue weighted by molar-refractivity contribution is 0.306. The number of hydrogen-bond acceptors (Lipinski definition) is 5. The Morgan fingerprint density at radius 1 is 1.04 bits per heavy atom. The van der Waals surface area contributed by atoms with Crippen LogP contribution in [0.2, 0.25) is 10.0 Å². The molecule has 0 saturated carbocycles. The van der Waals surface area contributed by atoms with Gasteiger partial charge in [-0.25, -0.2) is 0 Å². The van der Waals surface area contributed by atoms with Gasteiger partial charge < -0.3 is 4.74 Å². The first-order valence-corrected chi connectivity index (χ1v) is 8.66. The molecule has 120 valence electrons. The Balaban J connectivity index is 1.51. The highest BCUT2D eigenvalue weighted by Gasteiger charge is 2.10. The van der Waals surface area contributed by atoms with Crippen LogP contribution in [0.25, 0.3) is 16.3 Å². The monoisotopic (exact) mass is 376 g/mol. The summed E-state index contributed by atoms with van der Waals surface area (Å²) in [6.07, 6.45) is 0. The van der Waals surface area contributed by atoms with Crippen molar-refractivity contribution < 1.29 is 4.74 Å². The number of nitrogens with zero attached hydrogens (tertiary/aromatic N) is 4. The topological polar surface area (TPSA) is 52.3 Å². The van der Waals surface area contributed by atoms with E-state index in [0.29, 0.717) is 22.5 Å². The van der Waals surface area contributed by atoms with E-state index in [1.807, 2.05) is 30.3 Å². The zero-order chi connectivity index (χ0) is 16.5. The van der Waals surface area contributed by atoms with Crippen LogP contribution in [0.4, 0.5) is 0 Å². The van der Waals surface area contributed by atoms with Gasteiger partial charge >= 0.3 is 0 Å². The molecule has 0 spiro atoms. The lowest BCUT2D eigenvalue weighted by atomic mass is 10.2. The summed E-state index contributed by atoms with van der Waals surface area (Å²) in [5.74, 6) is 1.45. The van der Waals surface area contributed by atoms with E-state index in [0.717, 1.165) is 21.8 Å². The third kappa shape index (κ3) is 2.96. The molecule has 4 rings (SSSR count). The minimum Gasteiger partial charge on any atom is -0.489 e. The van der Waals surface area contributed by atoms with Crippen LogP contribution < -0.4 is 4.74 Å². The molecule has 4 aromatic rings. The first kappa shape index (κ1) is 15.4. The van der Waals surface area contributed by atoms with E-state index in [9.17, 15) is 0 Å². The normalized spacial score (nSPS) is 11.1. The summed E-state index contributed by atoms with van der Waals surface area (Å²) in [6.45, 7) is 0.372. The molecule has 8 heteroatoms. The minimum absolute atomic E-state index is 0.372. The Morgan fingerprint density at radius 3 is 2.67 bits per heavy atom. The van der Waals surface area contributed by atoms with E-state index < -0.39 is 0 Å². The summed E-state index contributed by atoms with van der Waals surface area (Å²) in [4.78, 5) is 0.766. The Kier molecular flexibility index (Phi) is 4.10. The maximum absolute atomic E-state index is 6.14. The molecule has 0 amide bonds. The van der Waals surface area contributed by atoms with Crippen molar-refractivity contribution in [2.75, 3.05) is 0 Å². The zero-order valence-electron chi connectivity index (χ0n) is 12.2. The molecule has 2 heterocycles. The van der Waals surface area contributed by atoms with Gasteiger partial charge in [-0.3, -0.25) is 0 Å². The molecule has 2 aromatic carbocycles. The van der Waals surface area contributed by atoms with Gasteiger partial charge in [-0.05, 0) is 36.4 Å². The summed E-state index contributed by atoms with van der Waals surface area (Å²) in [5.41, 5.74) is 3.54. The smallest absolute Gasteiger partial charge is 0.234 e. The molecule has 0 aliphatic carbocycles. The molecule has 0 aliphatic heterocycles. The summed E-state index contributed by atoms with van der Waals surface area (Å²) < 4.78 is 7.49. The lowest BCUT2D eigenvalue weighted by Crippen LogP contribution is -1.96. The largest absolute Gasteiger partial charge is 0.489 e. The van der Waals surface area contributed by atoms with Crippen molar-refractivity contribution in [3.8, 4) is 17.1 Å². The van der Waals surface area contributed by atoms with E-state index >= 15 is 0 Å². The van der Waals surface area contributed by atoms with Crippen LogP contribution in [0.1, 0.15) is 5.56 Å². The zero-order valence-corrected chi connectivity index (χ0v) is 14.5. The Morgan fingerprint density at radius 2 is 1.88 bits per heavy atom. The van der Waals surface area contributed by atoms with E-state index in [1.54, 1.807) is 22.2 Å². The van der Waals surface area contributed by atoms with Gasteiger partial charge in [0.15, 0.2) is 5.82 Å². The van der Waals surface area contributed by atoms with Crippen LogP contribution in [-0.4, -0.2) is 19.8 Å². The van der Waals surface area contributed by atoms with Crippen molar-refractivity contribution in [3.63, 3.8) is 0 Å². The quantitative estimate of drug-likeness (QED) is 0.516. The average Bonchev–Trinajstić information content (AvgIpc) is 3.18. The van der Waals surface area contributed by atoms with Gasteiger partial charge in [-0.2, -0.15) is 9.61 Å². The fraction of sp³-hybridized carbons (Fsp3) is 0.0625. The molecule has 0 atom stereocenters.